The Balaban J connectivity index is 0.00000220. The van der Waals surface area contributed by atoms with Gasteiger partial charge in [-0.25, -0.2) is 0 Å². The second kappa shape index (κ2) is 10.6. The summed E-state index contributed by atoms with van der Waals surface area (Å²) in [5.74, 6) is 1.61. The number of rotatable bonds is 5. The normalized spacial score (nSPS) is 23.7. The molecule has 0 aromatic rings. The monoisotopic (exact) mass is 412 g/mol. The van der Waals surface area contributed by atoms with Crippen LogP contribution in [-0.4, -0.2) is 89.0 Å². The highest BCUT2D eigenvalue weighted by Gasteiger charge is 2.19. The lowest BCUT2D eigenvalue weighted by molar-refractivity contribution is 0.0388. The van der Waals surface area contributed by atoms with Crippen LogP contribution in [0.15, 0.2) is 4.99 Å². The van der Waals surface area contributed by atoms with Crippen LogP contribution in [0.3, 0.4) is 0 Å². The van der Waals surface area contributed by atoms with E-state index in [1.165, 1.54) is 0 Å². The molecule has 2 aliphatic heterocycles. The molecule has 1 unspecified atom stereocenters. The predicted molar refractivity (Wildman–Crippen MR) is 95.6 cm³/mol. The highest BCUT2D eigenvalue weighted by atomic mass is 127. The number of morpholine rings is 1. The van der Waals surface area contributed by atoms with E-state index in [1.54, 1.807) is 0 Å². The van der Waals surface area contributed by atoms with Crippen LogP contribution in [0, 0.1) is 5.92 Å². The van der Waals surface area contributed by atoms with E-state index in [0.29, 0.717) is 5.92 Å². The summed E-state index contributed by atoms with van der Waals surface area (Å²) in [5.41, 5.74) is 0. The molecule has 2 fully saturated rings. The molecule has 0 aromatic carbocycles. The Kier molecular flexibility index (Phi) is 9.54. The molecule has 0 aliphatic carbocycles. The van der Waals surface area contributed by atoms with E-state index in [4.69, 9.17) is 9.47 Å². The third-order valence-electron chi connectivity index (χ3n) is 3.94. The van der Waals surface area contributed by atoms with Crippen LogP contribution in [0.2, 0.25) is 0 Å². The van der Waals surface area contributed by atoms with Crippen LogP contribution in [0.5, 0.6) is 0 Å². The minimum Gasteiger partial charge on any atom is -0.381 e. The van der Waals surface area contributed by atoms with Crippen molar-refractivity contribution in [2.45, 2.75) is 6.42 Å². The van der Waals surface area contributed by atoms with E-state index >= 15 is 0 Å². The molecule has 0 aromatic heterocycles. The van der Waals surface area contributed by atoms with Crippen molar-refractivity contribution in [3.63, 3.8) is 0 Å². The second-order valence-corrected chi connectivity index (χ2v) is 5.54. The average molecular weight is 412 g/mol. The molecule has 0 radical (unpaired) electrons. The average Bonchev–Trinajstić information content (AvgIpc) is 2.97. The summed E-state index contributed by atoms with van der Waals surface area (Å²) >= 11 is 0. The summed E-state index contributed by atoms with van der Waals surface area (Å²) in [4.78, 5) is 8.99. The molecule has 2 saturated heterocycles. The first-order valence-electron chi connectivity index (χ1n) is 7.59. The van der Waals surface area contributed by atoms with E-state index < -0.39 is 0 Å². The standard InChI is InChI=1S/C14H28N4O2.HI/c1-15-14(17(2)11-13-3-8-20-12-13)16-4-5-18-6-9-19-10-7-18;/h13H,3-12H2,1-2H3,(H,15,16);1H. The maximum absolute atomic E-state index is 5.43. The fourth-order valence-corrected chi connectivity index (χ4v) is 2.74. The fourth-order valence-electron chi connectivity index (χ4n) is 2.74. The van der Waals surface area contributed by atoms with Gasteiger partial charge in [0, 0.05) is 59.3 Å². The minimum atomic E-state index is 0. The van der Waals surface area contributed by atoms with Crippen LogP contribution in [0.1, 0.15) is 6.42 Å². The zero-order valence-corrected chi connectivity index (χ0v) is 15.5. The highest BCUT2D eigenvalue weighted by molar-refractivity contribution is 14.0. The molecular weight excluding hydrogens is 383 g/mol. The molecule has 124 valence electrons. The van der Waals surface area contributed by atoms with Gasteiger partial charge in [-0.3, -0.25) is 9.89 Å². The zero-order chi connectivity index (χ0) is 14.2. The maximum Gasteiger partial charge on any atom is 0.193 e. The molecule has 1 N–H and O–H groups in total. The van der Waals surface area contributed by atoms with Crippen molar-refractivity contribution in [3.05, 3.63) is 0 Å². The highest BCUT2D eigenvalue weighted by Crippen LogP contribution is 2.13. The van der Waals surface area contributed by atoms with Gasteiger partial charge in [-0.2, -0.15) is 0 Å². The Bertz CT molecular complexity index is 305. The van der Waals surface area contributed by atoms with Crippen molar-refractivity contribution >= 4 is 29.9 Å². The predicted octanol–water partition coefficient (Wildman–Crippen LogP) is 0.480. The smallest absolute Gasteiger partial charge is 0.193 e. The minimum absolute atomic E-state index is 0. The van der Waals surface area contributed by atoms with Gasteiger partial charge >= 0.3 is 0 Å². The van der Waals surface area contributed by atoms with E-state index in [0.717, 1.165) is 71.5 Å². The molecule has 1 atom stereocenters. The third kappa shape index (κ3) is 6.66. The number of hydrogen-bond acceptors (Lipinski definition) is 4. The van der Waals surface area contributed by atoms with Crippen molar-refractivity contribution < 1.29 is 9.47 Å². The lowest BCUT2D eigenvalue weighted by atomic mass is 10.1. The fraction of sp³-hybridized carbons (Fsp3) is 0.929. The number of ether oxygens (including phenoxy) is 2. The van der Waals surface area contributed by atoms with Gasteiger partial charge in [-0.1, -0.05) is 0 Å². The van der Waals surface area contributed by atoms with E-state index in [-0.39, 0.29) is 24.0 Å². The van der Waals surface area contributed by atoms with Gasteiger partial charge in [0.2, 0.25) is 0 Å². The summed E-state index contributed by atoms with van der Waals surface area (Å²) in [6, 6.07) is 0. The second-order valence-electron chi connectivity index (χ2n) is 5.54. The van der Waals surface area contributed by atoms with Crippen molar-refractivity contribution in [2.24, 2.45) is 10.9 Å². The number of halogens is 1. The molecule has 0 saturated carbocycles. The summed E-state index contributed by atoms with van der Waals surface area (Å²) in [7, 11) is 3.95. The molecule has 2 rings (SSSR count). The maximum atomic E-state index is 5.43. The molecule has 2 aliphatic rings. The molecule has 0 spiro atoms. The number of guanidine groups is 1. The van der Waals surface area contributed by atoms with Gasteiger partial charge in [0.15, 0.2) is 5.96 Å². The van der Waals surface area contributed by atoms with Crippen molar-refractivity contribution in [2.75, 3.05) is 73.2 Å². The molecule has 0 bridgehead atoms. The SMILES string of the molecule is CN=C(NCCN1CCOCC1)N(C)CC1CCOC1.I. The van der Waals surface area contributed by atoms with Crippen LogP contribution in [0.4, 0.5) is 0 Å². The third-order valence-corrected chi connectivity index (χ3v) is 3.94. The molecule has 7 heteroatoms. The molecule has 2 heterocycles. The Morgan fingerprint density at radius 3 is 2.67 bits per heavy atom. The Labute approximate surface area is 145 Å². The van der Waals surface area contributed by atoms with Crippen LogP contribution in [0.25, 0.3) is 0 Å². The van der Waals surface area contributed by atoms with Crippen molar-refractivity contribution in [1.29, 1.82) is 0 Å². The molecule has 21 heavy (non-hydrogen) atoms. The van der Waals surface area contributed by atoms with E-state index in [1.807, 2.05) is 7.05 Å². The van der Waals surface area contributed by atoms with Crippen molar-refractivity contribution in [1.82, 2.24) is 15.1 Å². The number of hydrogen-bond donors (Lipinski definition) is 1. The lowest BCUT2D eigenvalue weighted by Crippen LogP contribution is -2.46. The van der Waals surface area contributed by atoms with E-state index in [9.17, 15) is 0 Å². The molecule has 0 amide bonds. The first-order chi connectivity index (χ1) is 9.79. The molecule has 6 nitrogen and oxygen atoms in total. The lowest BCUT2D eigenvalue weighted by Gasteiger charge is -2.28. The van der Waals surface area contributed by atoms with Gasteiger partial charge in [0.05, 0.1) is 19.8 Å². The van der Waals surface area contributed by atoms with E-state index in [2.05, 4.69) is 27.2 Å². The van der Waals surface area contributed by atoms with Gasteiger partial charge in [-0.15, -0.1) is 24.0 Å². The quantitative estimate of drug-likeness (QED) is 0.405. The van der Waals surface area contributed by atoms with Crippen LogP contribution < -0.4 is 5.32 Å². The largest absolute Gasteiger partial charge is 0.381 e. The number of aliphatic imine (C=N–C) groups is 1. The van der Waals surface area contributed by atoms with Crippen LogP contribution >= 0.6 is 24.0 Å². The first kappa shape index (κ1) is 18.9. The Morgan fingerprint density at radius 1 is 1.29 bits per heavy atom. The van der Waals surface area contributed by atoms with Gasteiger partial charge < -0.3 is 19.7 Å². The van der Waals surface area contributed by atoms with Gasteiger partial charge in [0.25, 0.3) is 0 Å². The van der Waals surface area contributed by atoms with Crippen LogP contribution in [-0.2, 0) is 9.47 Å². The van der Waals surface area contributed by atoms with Crippen molar-refractivity contribution in [3.8, 4) is 0 Å². The summed E-state index contributed by atoms with van der Waals surface area (Å²) in [6.45, 7) is 8.56. The number of nitrogens with one attached hydrogen (secondary N) is 1. The number of nitrogens with zero attached hydrogens (tertiary/aromatic N) is 3. The first-order valence-corrected chi connectivity index (χ1v) is 7.59. The van der Waals surface area contributed by atoms with Gasteiger partial charge in [-0.05, 0) is 6.42 Å². The Hall–Kier alpha value is -0.120. The summed E-state index contributed by atoms with van der Waals surface area (Å²) in [6.07, 6.45) is 1.16. The topological polar surface area (TPSA) is 49.3 Å². The summed E-state index contributed by atoms with van der Waals surface area (Å²) < 4.78 is 10.8. The zero-order valence-electron chi connectivity index (χ0n) is 13.2. The van der Waals surface area contributed by atoms with Gasteiger partial charge in [0.1, 0.15) is 0 Å². The summed E-state index contributed by atoms with van der Waals surface area (Å²) in [5, 5.41) is 3.44. The Morgan fingerprint density at radius 2 is 2.05 bits per heavy atom. The molecular formula is C14H29IN4O2.